The van der Waals surface area contributed by atoms with Gasteiger partial charge in [0.05, 0.1) is 0 Å². The van der Waals surface area contributed by atoms with Gasteiger partial charge in [-0.3, -0.25) is 4.79 Å². The molecule has 0 bridgehead atoms. The van der Waals surface area contributed by atoms with Gasteiger partial charge in [0.2, 0.25) is 0 Å². The Hall–Kier alpha value is -0.960. The average molecular weight is 209 g/mol. The minimum Gasteiger partial charge on any atom is -0.345 e. The number of hydrogen-bond donors (Lipinski definition) is 0. The summed E-state index contributed by atoms with van der Waals surface area (Å²) in [5.41, 5.74) is 0.746. The summed E-state index contributed by atoms with van der Waals surface area (Å²) in [5.74, 6) is 1.11. The van der Waals surface area contributed by atoms with E-state index in [-0.39, 0.29) is 5.91 Å². The molecule has 0 aromatic heterocycles. The van der Waals surface area contributed by atoms with Crippen LogP contribution in [0.5, 0.6) is 0 Å². The van der Waals surface area contributed by atoms with E-state index in [0.29, 0.717) is 0 Å². The maximum Gasteiger partial charge on any atom is 0.253 e. The van der Waals surface area contributed by atoms with Crippen LogP contribution in [0, 0.1) is 0 Å². The summed E-state index contributed by atoms with van der Waals surface area (Å²) in [4.78, 5) is 14.3. The largest absolute Gasteiger partial charge is 0.345 e. The number of rotatable bonds is 3. The molecule has 1 aromatic rings. The molecule has 0 saturated heterocycles. The van der Waals surface area contributed by atoms with E-state index < -0.39 is 0 Å². The van der Waals surface area contributed by atoms with Gasteiger partial charge in [0.25, 0.3) is 5.91 Å². The standard InChI is InChI=1S/C11H15NOS/c1-4-14-10-7-5-9(6-8-10)11(13)12(2)3/h5-8H,4H2,1-3H3. The van der Waals surface area contributed by atoms with Gasteiger partial charge in [-0.05, 0) is 30.0 Å². The Morgan fingerprint density at radius 2 is 1.86 bits per heavy atom. The number of carbonyl (C=O) groups is 1. The zero-order valence-corrected chi connectivity index (χ0v) is 9.60. The van der Waals surface area contributed by atoms with Crippen molar-refractivity contribution in [3.8, 4) is 0 Å². The van der Waals surface area contributed by atoms with E-state index in [9.17, 15) is 4.79 Å². The van der Waals surface area contributed by atoms with Crippen molar-refractivity contribution in [1.29, 1.82) is 0 Å². The lowest BCUT2D eigenvalue weighted by atomic mass is 10.2. The molecule has 0 aliphatic carbocycles. The summed E-state index contributed by atoms with van der Waals surface area (Å²) >= 11 is 1.78. The first-order valence-electron chi connectivity index (χ1n) is 4.59. The Kier molecular flexibility index (Phi) is 4.01. The van der Waals surface area contributed by atoms with Gasteiger partial charge in [0.15, 0.2) is 0 Å². The van der Waals surface area contributed by atoms with Crippen LogP contribution in [0.1, 0.15) is 17.3 Å². The van der Waals surface area contributed by atoms with E-state index in [1.165, 1.54) is 4.90 Å². The van der Waals surface area contributed by atoms with Gasteiger partial charge < -0.3 is 4.90 Å². The third-order valence-corrected chi connectivity index (χ3v) is 2.71. The lowest BCUT2D eigenvalue weighted by molar-refractivity contribution is 0.0827. The molecule has 1 aromatic carbocycles. The first kappa shape index (κ1) is 11.1. The molecule has 1 rings (SSSR count). The molecule has 0 aliphatic rings. The second kappa shape index (κ2) is 5.05. The van der Waals surface area contributed by atoms with Gasteiger partial charge in [-0.2, -0.15) is 0 Å². The summed E-state index contributed by atoms with van der Waals surface area (Å²) in [5, 5.41) is 0. The molecule has 0 spiro atoms. The fourth-order valence-corrected chi connectivity index (χ4v) is 1.78. The SMILES string of the molecule is CCSc1ccc(C(=O)N(C)C)cc1. The van der Waals surface area contributed by atoms with Crippen molar-refractivity contribution >= 4 is 17.7 Å². The Labute approximate surface area is 89.3 Å². The van der Waals surface area contributed by atoms with Gasteiger partial charge in [-0.15, -0.1) is 11.8 Å². The fraction of sp³-hybridized carbons (Fsp3) is 0.364. The van der Waals surface area contributed by atoms with Crippen molar-refractivity contribution in [1.82, 2.24) is 4.90 Å². The first-order valence-corrected chi connectivity index (χ1v) is 5.58. The van der Waals surface area contributed by atoms with E-state index in [1.54, 1.807) is 30.8 Å². The van der Waals surface area contributed by atoms with Crippen molar-refractivity contribution in [2.75, 3.05) is 19.8 Å². The minimum atomic E-state index is 0.0537. The number of thioether (sulfide) groups is 1. The zero-order chi connectivity index (χ0) is 10.6. The summed E-state index contributed by atoms with van der Waals surface area (Å²) in [6, 6.07) is 7.73. The summed E-state index contributed by atoms with van der Waals surface area (Å²) in [6.45, 7) is 2.11. The average Bonchev–Trinajstić information content (AvgIpc) is 2.18. The summed E-state index contributed by atoms with van der Waals surface area (Å²) in [7, 11) is 3.52. The number of hydrogen-bond acceptors (Lipinski definition) is 2. The highest BCUT2D eigenvalue weighted by atomic mass is 32.2. The molecule has 3 heteroatoms. The van der Waals surface area contributed by atoms with E-state index in [0.717, 1.165) is 11.3 Å². The van der Waals surface area contributed by atoms with Crippen molar-refractivity contribution in [3.63, 3.8) is 0 Å². The highest BCUT2D eigenvalue weighted by Crippen LogP contribution is 2.17. The second-order valence-electron chi connectivity index (χ2n) is 3.16. The molecule has 0 aliphatic heterocycles. The smallest absolute Gasteiger partial charge is 0.253 e. The molecule has 2 nitrogen and oxygen atoms in total. The van der Waals surface area contributed by atoms with Crippen LogP contribution < -0.4 is 0 Å². The normalized spacial score (nSPS) is 9.93. The van der Waals surface area contributed by atoms with Gasteiger partial charge in [0, 0.05) is 24.6 Å². The van der Waals surface area contributed by atoms with Crippen LogP contribution in [0.2, 0.25) is 0 Å². The van der Waals surface area contributed by atoms with Crippen molar-refractivity contribution < 1.29 is 4.79 Å². The number of carbonyl (C=O) groups excluding carboxylic acids is 1. The van der Waals surface area contributed by atoms with E-state index in [4.69, 9.17) is 0 Å². The molecular weight excluding hydrogens is 194 g/mol. The fourth-order valence-electron chi connectivity index (χ4n) is 1.12. The second-order valence-corrected chi connectivity index (χ2v) is 4.49. The van der Waals surface area contributed by atoms with E-state index in [2.05, 4.69) is 6.92 Å². The molecule has 0 unspecified atom stereocenters. The van der Waals surface area contributed by atoms with E-state index >= 15 is 0 Å². The molecule has 0 atom stereocenters. The predicted octanol–water partition coefficient (Wildman–Crippen LogP) is 2.50. The monoisotopic (exact) mass is 209 g/mol. The van der Waals surface area contributed by atoms with Crippen LogP contribution in [0.25, 0.3) is 0 Å². The highest BCUT2D eigenvalue weighted by Gasteiger charge is 2.06. The topological polar surface area (TPSA) is 20.3 Å². The number of amides is 1. The lowest BCUT2D eigenvalue weighted by Crippen LogP contribution is -2.21. The lowest BCUT2D eigenvalue weighted by Gasteiger charge is -2.10. The van der Waals surface area contributed by atoms with Crippen LogP contribution in [-0.4, -0.2) is 30.7 Å². The van der Waals surface area contributed by atoms with Gasteiger partial charge in [-0.25, -0.2) is 0 Å². The Balaban J connectivity index is 2.78. The summed E-state index contributed by atoms with van der Waals surface area (Å²) in [6.07, 6.45) is 0. The maximum atomic E-state index is 11.5. The molecule has 1 amide bonds. The van der Waals surface area contributed by atoms with Crippen molar-refractivity contribution in [3.05, 3.63) is 29.8 Å². The third kappa shape index (κ3) is 2.77. The number of benzene rings is 1. The Bertz CT molecular complexity index is 306. The molecule has 0 N–H and O–H groups in total. The third-order valence-electron chi connectivity index (χ3n) is 1.82. The van der Waals surface area contributed by atoms with Gasteiger partial charge >= 0.3 is 0 Å². The minimum absolute atomic E-state index is 0.0537. The van der Waals surface area contributed by atoms with Crippen LogP contribution in [-0.2, 0) is 0 Å². The van der Waals surface area contributed by atoms with Crippen LogP contribution in [0.4, 0.5) is 0 Å². The van der Waals surface area contributed by atoms with Gasteiger partial charge in [-0.1, -0.05) is 6.92 Å². The molecule has 0 heterocycles. The highest BCUT2D eigenvalue weighted by molar-refractivity contribution is 7.99. The first-order chi connectivity index (χ1) is 6.65. The Morgan fingerprint density at radius 3 is 2.29 bits per heavy atom. The molecule has 0 radical (unpaired) electrons. The molecule has 0 saturated carbocycles. The molecular formula is C11H15NOS. The maximum absolute atomic E-state index is 11.5. The van der Waals surface area contributed by atoms with Crippen LogP contribution in [0.15, 0.2) is 29.2 Å². The van der Waals surface area contributed by atoms with Crippen LogP contribution in [0.3, 0.4) is 0 Å². The predicted molar refractivity (Wildman–Crippen MR) is 60.9 cm³/mol. The molecule has 0 fully saturated rings. The molecule has 14 heavy (non-hydrogen) atoms. The van der Waals surface area contributed by atoms with Crippen molar-refractivity contribution in [2.24, 2.45) is 0 Å². The van der Waals surface area contributed by atoms with E-state index in [1.807, 2.05) is 24.3 Å². The zero-order valence-electron chi connectivity index (χ0n) is 8.78. The van der Waals surface area contributed by atoms with Crippen molar-refractivity contribution in [2.45, 2.75) is 11.8 Å². The number of nitrogens with zero attached hydrogens (tertiary/aromatic N) is 1. The summed E-state index contributed by atoms with van der Waals surface area (Å²) < 4.78 is 0. The van der Waals surface area contributed by atoms with Crippen LogP contribution >= 0.6 is 11.8 Å². The Morgan fingerprint density at radius 1 is 1.29 bits per heavy atom. The quantitative estimate of drug-likeness (QED) is 0.713. The van der Waals surface area contributed by atoms with Gasteiger partial charge in [0.1, 0.15) is 0 Å². The molecule has 76 valence electrons.